The average molecular weight is 598 g/mol. The van der Waals surface area contributed by atoms with Crippen molar-refractivity contribution in [3.05, 3.63) is 94.1 Å². The van der Waals surface area contributed by atoms with Crippen LogP contribution in [0.15, 0.2) is 30.3 Å². The van der Waals surface area contributed by atoms with E-state index in [-0.39, 0.29) is 24.8 Å². The fraction of sp³-hybridized carbons (Fsp3) is 0.333. The van der Waals surface area contributed by atoms with E-state index >= 15 is 17.6 Å². The van der Waals surface area contributed by atoms with Gasteiger partial charge in [-0.25, -0.2) is 43.9 Å². The lowest BCUT2D eigenvalue weighted by molar-refractivity contribution is 0.164. The van der Waals surface area contributed by atoms with E-state index in [0.29, 0.717) is 25.9 Å². The Morgan fingerprint density at radius 2 is 1.00 bits per heavy atom. The highest BCUT2D eigenvalue weighted by Crippen LogP contribution is 2.44. The van der Waals surface area contributed by atoms with Crippen LogP contribution in [0.5, 0.6) is 0 Å². The number of halogens is 10. The summed E-state index contributed by atoms with van der Waals surface area (Å²) in [5.41, 5.74) is -3.29. The van der Waals surface area contributed by atoms with Crippen molar-refractivity contribution in [1.82, 2.24) is 4.90 Å². The quantitative estimate of drug-likeness (QED) is 0.107. The van der Waals surface area contributed by atoms with E-state index in [9.17, 15) is 26.3 Å². The molecule has 42 heavy (non-hydrogen) atoms. The maximum absolute atomic E-state index is 15.8. The molecule has 12 heteroatoms. The first-order chi connectivity index (χ1) is 20.0. The van der Waals surface area contributed by atoms with Gasteiger partial charge in [-0.15, -0.1) is 22.7 Å². The van der Waals surface area contributed by atoms with Gasteiger partial charge in [-0.05, 0) is 50.5 Å². The summed E-state index contributed by atoms with van der Waals surface area (Å²) >= 11 is 0. The van der Waals surface area contributed by atoms with Crippen molar-refractivity contribution in [3.63, 3.8) is 0 Å². The molecule has 2 atom stereocenters. The Morgan fingerprint density at radius 1 is 0.548 bits per heavy atom. The van der Waals surface area contributed by atoms with Crippen molar-refractivity contribution in [3.8, 4) is 11.7 Å². The van der Waals surface area contributed by atoms with E-state index in [1.807, 2.05) is 4.90 Å². The molecule has 0 N–H and O–H groups in total. The van der Waals surface area contributed by atoms with E-state index in [0.717, 1.165) is 6.42 Å². The third-order valence-corrected chi connectivity index (χ3v) is 8.65. The summed E-state index contributed by atoms with van der Waals surface area (Å²) in [4.78, 5) is 1.87. The molecule has 0 bridgehead atoms. The molecule has 0 spiro atoms. The van der Waals surface area contributed by atoms with E-state index in [1.54, 1.807) is 6.07 Å². The van der Waals surface area contributed by atoms with E-state index in [4.69, 9.17) is 0 Å². The molecular weight excluding hydrogens is 575 g/mol. The van der Waals surface area contributed by atoms with Crippen LogP contribution in [0.25, 0.3) is 0 Å². The van der Waals surface area contributed by atoms with Crippen LogP contribution >= 0.6 is 0 Å². The lowest BCUT2D eigenvalue weighted by Crippen LogP contribution is -2.68. The van der Waals surface area contributed by atoms with Crippen molar-refractivity contribution in [2.45, 2.75) is 50.4 Å². The first-order valence-corrected chi connectivity index (χ1v) is 13.5. The highest BCUT2D eigenvalue weighted by Gasteiger charge is 2.50. The fourth-order valence-electron chi connectivity index (χ4n) is 6.84. The van der Waals surface area contributed by atoms with Crippen LogP contribution in [0.2, 0.25) is 5.82 Å². The van der Waals surface area contributed by atoms with Crippen LogP contribution in [0.1, 0.15) is 44.1 Å². The van der Waals surface area contributed by atoms with Gasteiger partial charge in [-0.1, -0.05) is 37.5 Å². The predicted molar refractivity (Wildman–Crippen MR) is 138 cm³/mol. The van der Waals surface area contributed by atoms with Gasteiger partial charge < -0.3 is 4.90 Å². The molecule has 0 aromatic heterocycles. The molecule has 222 valence electrons. The Balaban J connectivity index is 1.97. The Morgan fingerprint density at radius 3 is 1.48 bits per heavy atom. The maximum atomic E-state index is 15.8. The molecule has 2 aliphatic rings. The van der Waals surface area contributed by atoms with Crippen LogP contribution in [0, 0.1) is 69.9 Å². The van der Waals surface area contributed by atoms with Gasteiger partial charge in [-0.3, -0.25) is 5.82 Å². The normalized spacial score (nSPS) is 19.6. The second kappa shape index (κ2) is 11.7. The highest BCUT2D eigenvalue weighted by atomic mass is 19.2. The Hall–Kier alpha value is -3.46. The lowest BCUT2D eigenvalue weighted by Gasteiger charge is -2.49. The molecule has 5 rings (SSSR count). The van der Waals surface area contributed by atoms with Crippen molar-refractivity contribution in [1.29, 1.82) is 0 Å². The van der Waals surface area contributed by atoms with Gasteiger partial charge >= 0.3 is 0 Å². The summed E-state index contributed by atoms with van der Waals surface area (Å²) < 4.78 is 151. The zero-order chi connectivity index (χ0) is 30.3. The second-order valence-electron chi connectivity index (χ2n) is 10.8. The Bertz CT molecular complexity index is 1450. The first kappa shape index (κ1) is 30.0. The number of piperidine rings is 1. The molecule has 0 radical (unpaired) electrons. The zero-order valence-electron chi connectivity index (χ0n) is 22.0. The van der Waals surface area contributed by atoms with Crippen molar-refractivity contribution in [2.24, 2.45) is 0 Å². The van der Waals surface area contributed by atoms with Crippen LogP contribution in [0.4, 0.5) is 43.9 Å². The number of likely N-dealkylation sites (tertiary alicyclic amines) is 1. The summed E-state index contributed by atoms with van der Waals surface area (Å²) in [6.45, 7) is 0.904. The third kappa shape index (κ3) is 4.75. The lowest BCUT2D eigenvalue weighted by atomic mass is 9.12. The maximum Gasteiger partial charge on any atom is 0.200 e. The number of hydrogen-bond donors (Lipinski definition) is 0. The third-order valence-electron chi connectivity index (χ3n) is 8.65. The molecule has 1 saturated carbocycles. The molecule has 1 nitrogen and oxygen atoms in total. The standard InChI is InChI=1S/C30H23BF10N/c32-21-19(22(33)26(37)29(40)25(21)36)31(13-12-16-8-3-1-4-9-16,20-23(34)27(38)30(41)28(39)24(20)35)17-10-7-11-18(17)42-14-5-2-6-15-42/h1,3-4,8-9,17-18H,2,5-7,10-11,14-15H2/q-1/t17-,18-/m0/s1. The largest absolute Gasteiger partial charge is 0.303 e. The smallest absolute Gasteiger partial charge is 0.200 e. The number of nitrogens with zero attached hydrogens (tertiary/aromatic N) is 1. The molecule has 1 heterocycles. The molecular formula is C30H23BF10N-. The fourth-order valence-corrected chi connectivity index (χ4v) is 6.84. The minimum Gasteiger partial charge on any atom is -0.303 e. The molecule has 0 amide bonds. The van der Waals surface area contributed by atoms with Crippen LogP contribution in [-0.2, 0) is 0 Å². The van der Waals surface area contributed by atoms with Crippen molar-refractivity contribution >= 4 is 17.1 Å². The van der Waals surface area contributed by atoms with Crippen LogP contribution in [-0.4, -0.2) is 30.2 Å². The number of benzene rings is 3. The number of rotatable bonds is 4. The molecule has 3 aromatic carbocycles. The second-order valence-corrected chi connectivity index (χ2v) is 10.8. The Labute approximate surface area is 235 Å². The SMILES string of the molecule is Fc1c(F)c(F)c([B-](C#Cc2ccccc2)(c2c(F)c(F)c(F)c(F)c2F)[C@H]2CCC[C@@H]2N2CCCCC2)c(F)c1F. The topological polar surface area (TPSA) is 3.24 Å². The predicted octanol–water partition coefficient (Wildman–Crippen LogP) is 6.64. The summed E-state index contributed by atoms with van der Waals surface area (Å²) in [6.07, 6.45) is -1.50. The van der Waals surface area contributed by atoms with E-state index in [1.165, 1.54) is 24.3 Å². The minimum absolute atomic E-state index is 0.0936. The van der Waals surface area contributed by atoms with Gasteiger partial charge in [0.1, 0.15) is 29.4 Å². The summed E-state index contributed by atoms with van der Waals surface area (Å²) in [7, 11) is 0. The Kier molecular flexibility index (Phi) is 8.34. The van der Waals surface area contributed by atoms with Gasteiger partial charge in [0.2, 0.25) is 0 Å². The first-order valence-electron chi connectivity index (χ1n) is 13.5. The van der Waals surface area contributed by atoms with Crippen LogP contribution in [0.3, 0.4) is 0 Å². The average Bonchev–Trinajstić information content (AvgIpc) is 3.51. The molecule has 2 fully saturated rings. The van der Waals surface area contributed by atoms with Crippen LogP contribution < -0.4 is 10.9 Å². The molecule has 1 aliphatic carbocycles. The van der Waals surface area contributed by atoms with E-state index in [2.05, 4.69) is 11.7 Å². The van der Waals surface area contributed by atoms with E-state index < -0.39 is 87.1 Å². The molecule has 0 unspecified atom stereocenters. The van der Waals surface area contributed by atoms with Crippen molar-refractivity contribution < 1.29 is 43.9 Å². The zero-order valence-corrected chi connectivity index (χ0v) is 22.0. The van der Waals surface area contributed by atoms with Crippen molar-refractivity contribution in [2.75, 3.05) is 13.1 Å². The minimum atomic E-state index is -4.23. The van der Waals surface area contributed by atoms with Gasteiger partial charge in [0.05, 0.1) is 0 Å². The molecule has 1 aliphatic heterocycles. The van der Waals surface area contributed by atoms with Gasteiger partial charge in [0.25, 0.3) is 0 Å². The monoisotopic (exact) mass is 598 g/mol. The molecule has 3 aromatic rings. The highest BCUT2D eigenvalue weighted by molar-refractivity contribution is 7.09. The molecule has 1 saturated heterocycles. The van der Waals surface area contributed by atoms with Gasteiger partial charge in [0, 0.05) is 5.56 Å². The van der Waals surface area contributed by atoms with Gasteiger partial charge in [-0.2, -0.15) is 0 Å². The van der Waals surface area contributed by atoms with Gasteiger partial charge in [0.15, 0.2) is 34.9 Å². The number of hydrogen-bond acceptors (Lipinski definition) is 1. The summed E-state index contributed by atoms with van der Waals surface area (Å²) in [5, 5.41) is 0. The summed E-state index contributed by atoms with van der Waals surface area (Å²) in [6, 6.07) is 6.63. The summed E-state index contributed by atoms with van der Waals surface area (Å²) in [5.74, 6) is -21.0.